The van der Waals surface area contributed by atoms with Gasteiger partial charge in [0.2, 0.25) is 0 Å². The van der Waals surface area contributed by atoms with Crippen molar-refractivity contribution in [3.63, 3.8) is 0 Å². The molecular formula is C18H28BNO2. The first-order valence-electron chi connectivity index (χ1n) is 7.94. The summed E-state index contributed by atoms with van der Waals surface area (Å²) in [5, 5.41) is 3.23. The second-order valence-corrected chi connectivity index (χ2v) is 7.20. The lowest BCUT2D eigenvalue weighted by Gasteiger charge is -2.32. The molecule has 1 saturated heterocycles. The average molecular weight is 301 g/mol. The fourth-order valence-corrected chi connectivity index (χ4v) is 2.52. The van der Waals surface area contributed by atoms with Gasteiger partial charge in [0.15, 0.2) is 0 Å². The van der Waals surface area contributed by atoms with Crippen LogP contribution in [0.15, 0.2) is 23.7 Å². The van der Waals surface area contributed by atoms with Crippen LogP contribution in [-0.2, 0) is 9.31 Å². The van der Waals surface area contributed by atoms with E-state index >= 15 is 0 Å². The normalized spacial score (nSPS) is 20.5. The fraction of sp³-hybridized carbons (Fsp3) is 0.556. The summed E-state index contributed by atoms with van der Waals surface area (Å²) in [4.78, 5) is 0. The number of aryl methyl sites for hydroxylation is 2. The van der Waals surface area contributed by atoms with E-state index in [9.17, 15) is 0 Å². The molecule has 0 bridgehead atoms. The highest BCUT2D eigenvalue weighted by Gasteiger charge is 2.52. The van der Waals surface area contributed by atoms with Crippen LogP contribution in [0.5, 0.6) is 0 Å². The van der Waals surface area contributed by atoms with Crippen LogP contribution in [0.4, 0.5) is 0 Å². The van der Waals surface area contributed by atoms with Crippen molar-refractivity contribution in [2.24, 2.45) is 0 Å². The van der Waals surface area contributed by atoms with Gasteiger partial charge in [0.25, 0.3) is 0 Å². The Labute approximate surface area is 135 Å². The Kier molecular flexibility index (Phi) is 4.86. The summed E-state index contributed by atoms with van der Waals surface area (Å²) in [6.45, 7) is 13.3. The zero-order chi connectivity index (χ0) is 16.5. The van der Waals surface area contributed by atoms with E-state index in [0.717, 1.165) is 12.0 Å². The number of likely N-dealkylation sites (N-methyl/N-ethyl adjacent to an activating group) is 1. The molecule has 0 aliphatic carbocycles. The van der Waals surface area contributed by atoms with Gasteiger partial charge in [-0.2, -0.15) is 0 Å². The van der Waals surface area contributed by atoms with Gasteiger partial charge in [-0.1, -0.05) is 29.8 Å². The Morgan fingerprint density at radius 1 is 1.14 bits per heavy atom. The molecule has 22 heavy (non-hydrogen) atoms. The predicted molar refractivity (Wildman–Crippen MR) is 93.9 cm³/mol. The third kappa shape index (κ3) is 3.45. The maximum absolute atomic E-state index is 6.19. The first-order chi connectivity index (χ1) is 10.2. The van der Waals surface area contributed by atoms with Gasteiger partial charge in [-0.3, -0.25) is 0 Å². The Hall–Kier alpha value is -1.10. The highest BCUT2D eigenvalue weighted by molar-refractivity contribution is 6.55. The summed E-state index contributed by atoms with van der Waals surface area (Å²) in [6.07, 6.45) is 2.20. The van der Waals surface area contributed by atoms with Gasteiger partial charge in [-0.15, -0.1) is 0 Å². The Morgan fingerprint density at radius 2 is 1.73 bits per heavy atom. The van der Waals surface area contributed by atoms with Crippen LogP contribution in [0.1, 0.15) is 44.4 Å². The Balaban J connectivity index is 2.35. The van der Waals surface area contributed by atoms with Crippen molar-refractivity contribution in [3.05, 3.63) is 40.4 Å². The fourth-order valence-electron chi connectivity index (χ4n) is 2.52. The smallest absolute Gasteiger partial charge is 0.400 e. The molecule has 1 heterocycles. The predicted octanol–water partition coefficient (Wildman–Crippen LogP) is 3.54. The van der Waals surface area contributed by atoms with E-state index in [0.29, 0.717) is 0 Å². The molecule has 1 fully saturated rings. The number of benzene rings is 1. The number of rotatable bonds is 4. The minimum Gasteiger partial charge on any atom is -0.400 e. The quantitative estimate of drug-likeness (QED) is 0.863. The van der Waals surface area contributed by atoms with E-state index in [4.69, 9.17) is 9.31 Å². The second kappa shape index (κ2) is 6.19. The molecule has 1 aliphatic heterocycles. The van der Waals surface area contributed by atoms with Crippen molar-refractivity contribution in [3.8, 4) is 0 Å². The zero-order valence-corrected chi connectivity index (χ0v) is 14.9. The van der Waals surface area contributed by atoms with E-state index in [1.807, 2.05) is 7.05 Å². The average Bonchev–Trinajstić information content (AvgIpc) is 2.62. The van der Waals surface area contributed by atoms with Crippen molar-refractivity contribution in [2.45, 2.75) is 52.7 Å². The van der Waals surface area contributed by atoms with Crippen LogP contribution in [0.25, 0.3) is 6.08 Å². The van der Waals surface area contributed by atoms with Gasteiger partial charge in [0, 0.05) is 6.54 Å². The summed E-state index contributed by atoms with van der Waals surface area (Å²) in [5.74, 6) is 0. The minimum atomic E-state index is -0.313. The van der Waals surface area contributed by atoms with Crippen LogP contribution >= 0.6 is 0 Å². The monoisotopic (exact) mass is 301 g/mol. The van der Waals surface area contributed by atoms with Crippen LogP contribution in [0, 0.1) is 13.8 Å². The molecule has 0 aromatic heterocycles. The molecule has 2 rings (SSSR count). The lowest BCUT2D eigenvalue weighted by Crippen LogP contribution is -2.41. The zero-order valence-electron chi connectivity index (χ0n) is 14.9. The molecule has 0 spiro atoms. The van der Waals surface area contributed by atoms with Crippen LogP contribution < -0.4 is 5.32 Å². The number of nitrogens with one attached hydrogen (secondary N) is 1. The molecule has 3 nitrogen and oxygen atoms in total. The van der Waals surface area contributed by atoms with Gasteiger partial charge in [0.1, 0.15) is 0 Å². The first kappa shape index (κ1) is 17.3. The second-order valence-electron chi connectivity index (χ2n) is 7.20. The lowest BCUT2D eigenvalue weighted by molar-refractivity contribution is 0.00578. The molecule has 1 aromatic rings. The van der Waals surface area contributed by atoms with Crippen molar-refractivity contribution in [1.29, 1.82) is 0 Å². The van der Waals surface area contributed by atoms with Gasteiger partial charge in [-0.25, -0.2) is 0 Å². The van der Waals surface area contributed by atoms with Crippen LogP contribution in [-0.4, -0.2) is 31.9 Å². The lowest BCUT2D eigenvalue weighted by atomic mass is 9.76. The minimum absolute atomic E-state index is 0.308. The Bertz CT molecular complexity index is 562. The van der Waals surface area contributed by atoms with Crippen LogP contribution in [0.2, 0.25) is 0 Å². The standard InChI is InChI=1S/C18H28BNO2/c1-13-8-9-14(2)15(10-13)11-16(12-20-7)19-21-17(3,4)18(5,6)22-19/h8-11,20H,12H2,1-7H3. The topological polar surface area (TPSA) is 30.5 Å². The van der Waals surface area contributed by atoms with Gasteiger partial charge in [0.05, 0.1) is 11.2 Å². The third-order valence-corrected chi connectivity index (χ3v) is 4.71. The van der Waals surface area contributed by atoms with Gasteiger partial charge in [-0.05, 0) is 65.2 Å². The molecule has 1 aromatic carbocycles. The highest BCUT2D eigenvalue weighted by atomic mass is 16.7. The summed E-state index contributed by atoms with van der Waals surface area (Å²) >= 11 is 0. The Morgan fingerprint density at radius 3 is 2.27 bits per heavy atom. The molecule has 120 valence electrons. The molecule has 0 unspecified atom stereocenters. The molecule has 4 heteroatoms. The maximum atomic E-state index is 6.19. The van der Waals surface area contributed by atoms with Gasteiger partial charge < -0.3 is 14.6 Å². The molecule has 0 radical (unpaired) electrons. The number of hydrogen-bond donors (Lipinski definition) is 1. The van der Waals surface area contributed by atoms with Crippen molar-refractivity contribution in [1.82, 2.24) is 5.32 Å². The first-order valence-corrected chi connectivity index (χ1v) is 7.94. The van der Waals surface area contributed by atoms with E-state index in [1.165, 1.54) is 16.7 Å². The third-order valence-electron chi connectivity index (χ3n) is 4.71. The van der Waals surface area contributed by atoms with Gasteiger partial charge >= 0.3 is 7.12 Å². The molecular weight excluding hydrogens is 273 g/mol. The number of hydrogen-bond acceptors (Lipinski definition) is 3. The van der Waals surface area contributed by atoms with E-state index < -0.39 is 0 Å². The van der Waals surface area contributed by atoms with E-state index in [-0.39, 0.29) is 18.3 Å². The van der Waals surface area contributed by atoms with Crippen molar-refractivity contribution < 1.29 is 9.31 Å². The van der Waals surface area contributed by atoms with E-state index in [1.54, 1.807) is 0 Å². The molecule has 0 saturated carbocycles. The maximum Gasteiger partial charge on any atom is 0.491 e. The van der Waals surface area contributed by atoms with Crippen LogP contribution in [0.3, 0.4) is 0 Å². The summed E-state index contributed by atoms with van der Waals surface area (Å²) in [5.41, 5.74) is 4.23. The summed E-state index contributed by atoms with van der Waals surface area (Å²) in [6, 6.07) is 6.50. The summed E-state index contributed by atoms with van der Waals surface area (Å²) in [7, 11) is 1.64. The summed E-state index contributed by atoms with van der Waals surface area (Å²) < 4.78 is 12.4. The molecule has 1 aliphatic rings. The SMILES string of the molecule is CNCC(=Cc1cc(C)ccc1C)B1OC(C)(C)C(C)(C)O1. The van der Waals surface area contributed by atoms with Crippen molar-refractivity contribution in [2.75, 3.05) is 13.6 Å². The van der Waals surface area contributed by atoms with E-state index in [2.05, 4.69) is 71.1 Å². The highest BCUT2D eigenvalue weighted by Crippen LogP contribution is 2.38. The molecule has 0 atom stereocenters. The van der Waals surface area contributed by atoms with Crippen molar-refractivity contribution >= 4 is 13.2 Å². The molecule has 0 amide bonds. The largest absolute Gasteiger partial charge is 0.491 e. The molecule has 1 N–H and O–H groups in total.